The van der Waals surface area contributed by atoms with Crippen LogP contribution in [-0.2, 0) is 0 Å². The van der Waals surface area contributed by atoms with E-state index in [1.807, 2.05) is 0 Å². The Kier molecular flexibility index (Phi) is 8.64. The fourth-order valence-electron chi connectivity index (χ4n) is 2.92. The summed E-state index contributed by atoms with van der Waals surface area (Å²) in [5, 5.41) is 18.5. The van der Waals surface area contributed by atoms with Gasteiger partial charge in [-0.25, -0.2) is 5.84 Å². The van der Waals surface area contributed by atoms with Gasteiger partial charge in [0.15, 0.2) is 0 Å². The van der Waals surface area contributed by atoms with Crippen molar-refractivity contribution in [1.29, 1.82) is 5.26 Å². The van der Waals surface area contributed by atoms with Crippen LogP contribution in [0.1, 0.15) is 61.7 Å². The molecular weight excluding hydrogens is 372 g/mol. The summed E-state index contributed by atoms with van der Waals surface area (Å²) in [6.07, 6.45) is 11.9. The molecule has 0 unspecified atom stereocenters. The Bertz CT molecular complexity index is 693. The summed E-state index contributed by atoms with van der Waals surface area (Å²) in [6.45, 7) is 0.154. The van der Waals surface area contributed by atoms with Crippen LogP contribution in [0.3, 0.4) is 0 Å². The molecule has 2 saturated carbocycles. The van der Waals surface area contributed by atoms with Crippen molar-refractivity contribution < 1.29 is 4.79 Å². The van der Waals surface area contributed by atoms with Crippen molar-refractivity contribution in [1.82, 2.24) is 10.3 Å². The molecule has 1 aromatic carbocycles. The molecule has 0 bridgehead atoms. The molecule has 0 radical (unpaired) electrons. The van der Waals surface area contributed by atoms with E-state index in [-0.39, 0.29) is 12.5 Å². The molecule has 152 valence electrons. The van der Waals surface area contributed by atoms with Crippen molar-refractivity contribution >= 4 is 17.9 Å². The number of nitrogens with two attached hydrogens (primary N) is 3. The van der Waals surface area contributed by atoms with Gasteiger partial charge in [0.05, 0.1) is 12.6 Å². The van der Waals surface area contributed by atoms with Crippen LogP contribution in [0.2, 0.25) is 0 Å². The summed E-state index contributed by atoms with van der Waals surface area (Å²) in [7, 11) is 0. The highest BCUT2D eigenvalue weighted by Gasteiger charge is 2.47. The fraction of sp³-hybridized carbons (Fsp3) is 0.500. The van der Waals surface area contributed by atoms with Gasteiger partial charge in [-0.05, 0) is 49.1 Å². The maximum Gasteiger partial charge on any atom is 0.251 e. The van der Waals surface area contributed by atoms with E-state index in [2.05, 4.69) is 11.4 Å². The second kappa shape index (κ2) is 11.0. The third kappa shape index (κ3) is 6.75. The van der Waals surface area contributed by atoms with Crippen molar-refractivity contribution in [2.45, 2.75) is 61.8 Å². The molecule has 2 aliphatic carbocycles. The third-order valence-electron chi connectivity index (χ3n) is 4.94. The van der Waals surface area contributed by atoms with Crippen molar-refractivity contribution in [3.63, 3.8) is 0 Å². The Morgan fingerprint density at radius 2 is 1.71 bits per heavy atom. The predicted molar refractivity (Wildman–Crippen MR) is 112 cm³/mol. The topological polar surface area (TPSA) is 134 Å². The molecule has 0 saturated heterocycles. The lowest BCUT2D eigenvalue weighted by Gasteiger charge is -2.20. The number of nitrogens with zero attached hydrogens (tertiary/aromatic N) is 2. The summed E-state index contributed by atoms with van der Waals surface area (Å²) in [5.41, 5.74) is 6.09. The molecule has 0 heterocycles. The number of amides is 1. The first kappa shape index (κ1) is 22.1. The van der Waals surface area contributed by atoms with Crippen LogP contribution in [0, 0.1) is 11.3 Å². The molecule has 7 N–H and O–H groups in total. The van der Waals surface area contributed by atoms with E-state index in [0.717, 1.165) is 29.7 Å². The van der Waals surface area contributed by atoms with Crippen molar-refractivity contribution in [2.75, 3.05) is 6.54 Å². The average molecular weight is 403 g/mol. The quantitative estimate of drug-likeness (QED) is 0.326. The number of carbonyl (C=O) groups excluding carboxylic acids is 1. The molecule has 0 spiro atoms. The third-order valence-corrected chi connectivity index (χ3v) is 5.48. The molecule has 8 heteroatoms. The average Bonchev–Trinajstić information content (AvgIpc) is 3.55. The zero-order valence-corrected chi connectivity index (χ0v) is 17.0. The van der Waals surface area contributed by atoms with Gasteiger partial charge in [-0.2, -0.15) is 5.26 Å². The smallest absolute Gasteiger partial charge is 0.251 e. The van der Waals surface area contributed by atoms with E-state index in [0.29, 0.717) is 11.3 Å². The van der Waals surface area contributed by atoms with Crippen LogP contribution in [0.15, 0.2) is 41.1 Å². The molecule has 3 rings (SSSR count). The molecule has 1 amide bonds. The number of hydrogen-bond donors (Lipinski definition) is 4. The van der Waals surface area contributed by atoms with Gasteiger partial charge in [0, 0.05) is 22.4 Å². The Morgan fingerprint density at radius 1 is 1.18 bits per heavy atom. The number of hydrogen-bond acceptors (Lipinski definition) is 7. The molecule has 2 fully saturated rings. The monoisotopic (exact) mass is 402 g/mol. The number of hydrazine groups is 1. The largest absolute Gasteiger partial charge is 0.399 e. The maximum absolute atomic E-state index is 12.0. The van der Waals surface area contributed by atoms with Crippen LogP contribution in [-0.4, -0.2) is 23.0 Å². The summed E-state index contributed by atoms with van der Waals surface area (Å²) in [4.78, 5) is 12.8. The van der Waals surface area contributed by atoms with E-state index in [1.165, 1.54) is 49.7 Å². The molecule has 2 aliphatic rings. The minimum Gasteiger partial charge on any atom is -0.399 e. The van der Waals surface area contributed by atoms with Crippen LogP contribution < -0.4 is 22.0 Å². The van der Waals surface area contributed by atoms with Crippen molar-refractivity contribution in [3.05, 3.63) is 41.7 Å². The van der Waals surface area contributed by atoms with Gasteiger partial charge in [0.2, 0.25) is 0 Å². The Morgan fingerprint density at radius 3 is 2.14 bits per heavy atom. The number of benzene rings is 1. The lowest BCUT2D eigenvalue weighted by molar-refractivity contribution is 0.0956. The lowest BCUT2D eigenvalue weighted by atomic mass is 10.0. The van der Waals surface area contributed by atoms with E-state index in [4.69, 9.17) is 22.0 Å². The fourth-order valence-corrected chi connectivity index (χ4v) is 3.22. The number of rotatable bonds is 6. The summed E-state index contributed by atoms with van der Waals surface area (Å²) in [6, 6.07) is 9.07. The highest BCUT2D eigenvalue weighted by molar-refractivity contribution is 7.97. The van der Waals surface area contributed by atoms with Gasteiger partial charge in [-0.15, -0.1) is 0 Å². The molecule has 0 aliphatic heterocycles. The van der Waals surface area contributed by atoms with E-state index in [9.17, 15) is 4.79 Å². The van der Waals surface area contributed by atoms with Crippen LogP contribution in [0.25, 0.3) is 0 Å². The second-order valence-corrected chi connectivity index (χ2v) is 7.91. The second-order valence-electron chi connectivity index (χ2n) is 7.20. The van der Waals surface area contributed by atoms with Gasteiger partial charge in [0.1, 0.15) is 5.54 Å². The lowest BCUT2D eigenvalue weighted by Crippen LogP contribution is -2.39. The molecule has 7 nitrogen and oxygen atoms in total. The molecule has 0 aromatic heterocycles. The molecular formula is C20H30N6OS. The van der Waals surface area contributed by atoms with Crippen molar-refractivity contribution in [3.8, 4) is 6.07 Å². The SMILES string of the molecule is C1CCCCC1.N#CC1(N(N)/C=C(\N)CNC(=O)c2ccc(SN)cc2)CC1. The summed E-state index contributed by atoms with van der Waals surface area (Å²) >= 11 is 1.12. The van der Waals surface area contributed by atoms with Gasteiger partial charge in [0.25, 0.3) is 5.91 Å². The maximum atomic E-state index is 12.0. The zero-order chi connectivity index (χ0) is 20.4. The first-order chi connectivity index (χ1) is 13.5. The number of nitrogens with one attached hydrogen (secondary N) is 1. The number of carbonyl (C=O) groups is 1. The molecule has 28 heavy (non-hydrogen) atoms. The van der Waals surface area contributed by atoms with Crippen LogP contribution >= 0.6 is 11.9 Å². The number of nitriles is 1. The van der Waals surface area contributed by atoms with Gasteiger partial charge >= 0.3 is 0 Å². The van der Waals surface area contributed by atoms with Crippen molar-refractivity contribution in [2.24, 2.45) is 16.7 Å². The first-order valence-corrected chi connectivity index (χ1v) is 10.6. The first-order valence-electron chi connectivity index (χ1n) is 9.67. The standard InChI is InChI=1S/C14H18N6OS.C6H12/c15-9-14(5-6-14)20(17)8-11(16)7-19-13(21)10-1-3-12(22-18)4-2-10;1-2-4-6-5-3-1/h1-4,8H,5-7,16-18H2,(H,19,21);1-6H2/b11-8-;. The zero-order valence-electron chi connectivity index (χ0n) is 16.2. The van der Waals surface area contributed by atoms with Crippen LogP contribution in [0.4, 0.5) is 0 Å². The predicted octanol–water partition coefficient (Wildman–Crippen LogP) is 2.75. The Labute approximate surface area is 171 Å². The minimum atomic E-state index is -0.635. The summed E-state index contributed by atoms with van der Waals surface area (Å²) in [5.74, 6) is 5.56. The highest BCUT2D eigenvalue weighted by Crippen LogP contribution is 2.39. The molecule has 1 aromatic rings. The highest BCUT2D eigenvalue weighted by atomic mass is 32.2. The summed E-state index contributed by atoms with van der Waals surface area (Å²) < 4.78 is 0. The molecule has 0 atom stereocenters. The van der Waals surface area contributed by atoms with Gasteiger partial charge < -0.3 is 11.1 Å². The van der Waals surface area contributed by atoms with Gasteiger partial charge in [-0.3, -0.25) is 14.9 Å². The van der Waals surface area contributed by atoms with E-state index >= 15 is 0 Å². The van der Waals surface area contributed by atoms with Crippen LogP contribution in [0.5, 0.6) is 0 Å². The Balaban J connectivity index is 0.000000397. The Hall–Kier alpha value is -2.21. The van der Waals surface area contributed by atoms with E-state index in [1.54, 1.807) is 24.3 Å². The van der Waals surface area contributed by atoms with E-state index < -0.39 is 5.54 Å². The van der Waals surface area contributed by atoms with Gasteiger partial charge in [-0.1, -0.05) is 38.5 Å². The normalized spacial score (nSPS) is 17.5. The minimum absolute atomic E-state index is 0.154.